The van der Waals surface area contributed by atoms with E-state index in [9.17, 15) is 0 Å². The van der Waals surface area contributed by atoms with E-state index in [-0.39, 0.29) is 0 Å². The standard InChI is InChI=1S/C11H13N3/c1-14(2)11-8-5-3-4-6-10(8)13-7-9(11)12/h3-7H,12H2,1-2H3. The average molecular weight is 187 g/mol. The second-order valence-corrected chi connectivity index (χ2v) is 3.47. The molecule has 0 fully saturated rings. The van der Waals surface area contributed by atoms with Gasteiger partial charge in [0, 0.05) is 19.5 Å². The smallest absolute Gasteiger partial charge is 0.0744 e. The molecule has 1 aromatic carbocycles. The molecule has 72 valence electrons. The maximum Gasteiger partial charge on any atom is 0.0744 e. The zero-order valence-corrected chi connectivity index (χ0v) is 8.36. The highest BCUT2D eigenvalue weighted by Crippen LogP contribution is 2.29. The second kappa shape index (κ2) is 3.18. The van der Waals surface area contributed by atoms with E-state index >= 15 is 0 Å². The molecule has 14 heavy (non-hydrogen) atoms. The molecule has 3 nitrogen and oxygen atoms in total. The molecule has 0 atom stereocenters. The lowest BCUT2D eigenvalue weighted by atomic mass is 10.1. The molecule has 0 aliphatic carbocycles. The minimum Gasteiger partial charge on any atom is -0.396 e. The normalized spacial score (nSPS) is 10.4. The van der Waals surface area contributed by atoms with Gasteiger partial charge < -0.3 is 10.6 Å². The summed E-state index contributed by atoms with van der Waals surface area (Å²) in [5.74, 6) is 0. The molecular formula is C11H13N3. The fourth-order valence-electron chi connectivity index (χ4n) is 1.64. The molecule has 0 unspecified atom stereocenters. The molecule has 0 saturated carbocycles. The van der Waals surface area contributed by atoms with Gasteiger partial charge in [-0.2, -0.15) is 0 Å². The van der Waals surface area contributed by atoms with Crippen LogP contribution in [0.4, 0.5) is 11.4 Å². The summed E-state index contributed by atoms with van der Waals surface area (Å²) in [6, 6.07) is 8.00. The van der Waals surface area contributed by atoms with Crippen LogP contribution in [0.15, 0.2) is 30.5 Å². The number of hydrogen-bond donors (Lipinski definition) is 1. The highest BCUT2D eigenvalue weighted by atomic mass is 15.1. The largest absolute Gasteiger partial charge is 0.396 e. The minimum absolute atomic E-state index is 0.716. The molecule has 0 spiro atoms. The van der Waals surface area contributed by atoms with E-state index in [4.69, 9.17) is 5.73 Å². The Morgan fingerprint density at radius 1 is 1.21 bits per heavy atom. The topological polar surface area (TPSA) is 42.1 Å². The van der Waals surface area contributed by atoms with E-state index in [1.165, 1.54) is 0 Å². The Morgan fingerprint density at radius 3 is 2.64 bits per heavy atom. The highest BCUT2D eigenvalue weighted by Gasteiger charge is 2.06. The molecule has 3 heteroatoms. The third-order valence-corrected chi connectivity index (χ3v) is 2.22. The first-order valence-corrected chi connectivity index (χ1v) is 4.50. The van der Waals surface area contributed by atoms with Gasteiger partial charge in [-0.3, -0.25) is 4.98 Å². The van der Waals surface area contributed by atoms with E-state index in [0.29, 0.717) is 5.69 Å². The summed E-state index contributed by atoms with van der Waals surface area (Å²) in [5, 5.41) is 1.09. The zero-order valence-electron chi connectivity index (χ0n) is 8.36. The third kappa shape index (κ3) is 1.27. The number of para-hydroxylation sites is 1. The van der Waals surface area contributed by atoms with Crippen molar-refractivity contribution in [1.82, 2.24) is 4.98 Å². The Balaban J connectivity index is 2.83. The van der Waals surface area contributed by atoms with Crippen molar-refractivity contribution in [2.24, 2.45) is 0 Å². The lowest BCUT2D eigenvalue weighted by Gasteiger charge is -2.17. The van der Waals surface area contributed by atoms with E-state index in [2.05, 4.69) is 4.98 Å². The van der Waals surface area contributed by atoms with Crippen LogP contribution in [-0.4, -0.2) is 19.1 Å². The molecule has 1 aromatic heterocycles. The van der Waals surface area contributed by atoms with E-state index in [0.717, 1.165) is 16.6 Å². The van der Waals surface area contributed by atoms with Crippen LogP contribution in [-0.2, 0) is 0 Å². The Hall–Kier alpha value is -1.77. The maximum absolute atomic E-state index is 5.88. The van der Waals surface area contributed by atoms with Gasteiger partial charge in [0.15, 0.2) is 0 Å². The van der Waals surface area contributed by atoms with Gasteiger partial charge in [0.1, 0.15) is 0 Å². The number of rotatable bonds is 1. The van der Waals surface area contributed by atoms with Crippen LogP contribution in [0.25, 0.3) is 10.9 Å². The number of pyridine rings is 1. The monoisotopic (exact) mass is 187 g/mol. The molecule has 2 rings (SSSR count). The van der Waals surface area contributed by atoms with Crippen molar-refractivity contribution < 1.29 is 0 Å². The van der Waals surface area contributed by atoms with Gasteiger partial charge in [-0.05, 0) is 6.07 Å². The van der Waals surface area contributed by atoms with Gasteiger partial charge in [-0.25, -0.2) is 0 Å². The fraction of sp³-hybridized carbons (Fsp3) is 0.182. The lowest BCUT2D eigenvalue weighted by molar-refractivity contribution is 1.14. The van der Waals surface area contributed by atoms with Crippen LogP contribution >= 0.6 is 0 Å². The van der Waals surface area contributed by atoms with Crippen molar-refractivity contribution in [3.63, 3.8) is 0 Å². The number of aromatic nitrogens is 1. The molecule has 2 N–H and O–H groups in total. The van der Waals surface area contributed by atoms with Crippen molar-refractivity contribution in [3.05, 3.63) is 30.5 Å². The summed E-state index contributed by atoms with van der Waals surface area (Å²) in [7, 11) is 3.97. The van der Waals surface area contributed by atoms with Gasteiger partial charge in [0.2, 0.25) is 0 Å². The van der Waals surface area contributed by atoms with Gasteiger partial charge >= 0.3 is 0 Å². The number of nitrogen functional groups attached to an aromatic ring is 1. The molecule has 0 aliphatic heterocycles. The van der Waals surface area contributed by atoms with Crippen LogP contribution in [0.2, 0.25) is 0 Å². The molecule has 0 radical (unpaired) electrons. The number of anilines is 2. The molecule has 0 amide bonds. The summed E-state index contributed by atoms with van der Waals surface area (Å²) in [5.41, 5.74) is 8.61. The summed E-state index contributed by atoms with van der Waals surface area (Å²) in [6.07, 6.45) is 1.71. The van der Waals surface area contributed by atoms with Crippen LogP contribution in [0.5, 0.6) is 0 Å². The SMILES string of the molecule is CN(C)c1c(N)cnc2ccccc12. The molecule has 2 aromatic rings. The summed E-state index contributed by atoms with van der Waals surface area (Å²) in [6.45, 7) is 0. The van der Waals surface area contributed by atoms with Gasteiger partial charge in [0.05, 0.1) is 23.1 Å². The van der Waals surface area contributed by atoms with Crippen molar-refractivity contribution in [1.29, 1.82) is 0 Å². The molecular weight excluding hydrogens is 174 g/mol. The van der Waals surface area contributed by atoms with Crippen molar-refractivity contribution in [2.45, 2.75) is 0 Å². The summed E-state index contributed by atoms with van der Waals surface area (Å²) >= 11 is 0. The zero-order chi connectivity index (χ0) is 10.1. The second-order valence-electron chi connectivity index (χ2n) is 3.47. The number of nitrogens with two attached hydrogens (primary N) is 1. The molecule has 0 saturated heterocycles. The number of nitrogens with zero attached hydrogens (tertiary/aromatic N) is 2. The number of benzene rings is 1. The summed E-state index contributed by atoms with van der Waals surface area (Å²) < 4.78 is 0. The fourth-order valence-corrected chi connectivity index (χ4v) is 1.64. The van der Waals surface area contributed by atoms with Crippen LogP contribution in [0.3, 0.4) is 0 Å². The van der Waals surface area contributed by atoms with Gasteiger partial charge in [0.25, 0.3) is 0 Å². The van der Waals surface area contributed by atoms with Crippen molar-refractivity contribution >= 4 is 22.3 Å². The number of hydrogen-bond acceptors (Lipinski definition) is 3. The highest BCUT2D eigenvalue weighted by molar-refractivity contribution is 5.97. The quantitative estimate of drug-likeness (QED) is 0.741. The lowest BCUT2D eigenvalue weighted by Crippen LogP contribution is -2.12. The van der Waals surface area contributed by atoms with E-state index in [1.807, 2.05) is 43.3 Å². The van der Waals surface area contributed by atoms with Crippen molar-refractivity contribution in [2.75, 3.05) is 24.7 Å². The summed E-state index contributed by atoms with van der Waals surface area (Å²) in [4.78, 5) is 6.29. The van der Waals surface area contributed by atoms with Gasteiger partial charge in [-0.15, -0.1) is 0 Å². The van der Waals surface area contributed by atoms with E-state index in [1.54, 1.807) is 6.20 Å². The average Bonchev–Trinajstić information content (AvgIpc) is 2.17. The predicted octanol–water partition coefficient (Wildman–Crippen LogP) is 1.88. The molecule has 0 bridgehead atoms. The molecule has 1 heterocycles. The van der Waals surface area contributed by atoms with Crippen LogP contribution in [0, 0.1) is 0 Å². The minimum atomic E-state index is 0.716. The molecule has 0 aliphatic rings. The first-order valence-electron chi connectivity index (χ1n) is 4.50. The van der Waals surface area contributed by atoms with Crippen molar-refractivity contribution in [3.8, 4) is 0 Å². The van der Waals surface area contributed by atoms with E-state index < -0.39 is 0 Å². The predicted molar refractivity (Wildman–Crippen MR) is 60.5 cm³/mol. The Bertz CT molecular complexity index is 463. The number of fused-ring (bicyclic) bond motifs is 1. The Morgan fingerprint density at radius 2 is 1.93 bits per heavy atom. The maximum atomic E-state index is 5.88. The first kappa shape index (κ1) is 8.81. The third-order valence-electron chi connectivity index (χ3n) is 2.22. The Labute approximate surface area is 83.2 Å². The van der Waals surface area contributed by atoms with Crippen LogP contribution < -0.4 is 10.6 Å². The van der Waals surface area contributed by atoms with Gasteiger partial charge in [-0.1, -0.05) is 18.2 Å². The Kier molecular flexibility index (Phi) is 2.00. The van der Waals surface area contributed by atoms with Crippen LogP contribution in [0.1, 0.15) is 0 Å². The first-order chi connectivity index (χ1) is 6.70.